The van der Waals surface area contributed by atoms with E-state index >= 15 is 0 Å². The number of aliphatic hydroxyl groups excluding tert-OH is 1. The second kappa shape index (κ2) is 7.38. The fourth-order valence-electron chi connectivity index (χ4n) is 2.54. The number of carbonyl (C=O) groups is 1. The summed E-state index contributed by atoms with van der Waals surface area (Å²) < 4.78 is 0. The van der Waals surface area contributed by atoms with Gasteiger partial charge in [-0.15, -0.1) is 0 Å². The molecule has 6 heteroatoms. The average Bonchev–Trinajstić information content (AvgIpc) is 2.48. The highest BCUT2D eigenvalue weighted by Gasteiger charge is 2.22. The number of rotatable bonds is 5. The normalized spacial score (nSPS) is 16.0. The molecule has 1 saturated heterocycles. The van der Waals surface area contributed by atoms with Gasteiger partial charge in [-0.2, -0.15) is 0 Å². The molecule has 1 fully saturated rings. The molecule has 116 valence electrons. The lowest BCUT2D eigenvalue weighted by Crippen LogP contribution is -2.48. The van der Waals surface area contributed by atoms with Gasteiger partial charge in [0.05, 0.1) is 12.2 Å². The molecule has 1 aromatic heterocycles. The first-order chi connectivity index (χ1) is 10.2. The van der Waals surface area contributed by atoms with Crippen molar-refractivity contribution in [3.63, 3.8) is 0 Å². The number of amides is 1. The zero-order valence-corrected chi connectivity index (χ0v) is 12.8. The lowest BCUT2D eigenvalue weighted by Gasteiger charge is -2.35. The van der Waals surface area contributed by atoms with Crippen LogP contribution in [0.3, 0.4) is 0 Å². The van der Waals surface area contributed by atoms with Crippen molar-refractivity contribution in [3.05, 3.63) is 23.4 Å². The molecule has 0 aliphatic carbocycles. The summed E-state index contributed by atoms with van der Waals surface area (Å²) >= 11 is 0. The molecular weight excluding hydrogens is 268 g/mol. The number of hydrogen-bond acceptors (Lipinski definition) is 5. The summed E-state index contributed by atoms with van der Waals surface area (Å²) in [6.07, 6.45) is 0. The van der Waals surface area contributed by atoms with Crippen molar-refractivity contribution in [1.29, 1.82) is 0 Å². The fourth-order valence-corrected chi connectivity index (χ4v) is 2.54. The Hall–Kier alpha value is -1.66. The van der Waals surface area contributed by atoms with Crippen molar-refractivity contribution in [2.75, 3.05) is 50.8 Å². The lowest BCUT2D eigenvalue weighted by molar-refractivity contribution is 0.0956. The predicted molar refractivity (Wildman–Crippen MR) is 82.7 cm³/mol. The highest BCUT2D eigenvalue weighted by atomic mass is 16.3. The van der Waals surface area contributed by atoms with E-state index < -0.39 is 0 Å². The first-order valence-electron chi connectivity index (χ1n) is 7.49. The number of aryl methyl sites for hydroxylation is 1. The lowest BCUT2D eigenvalue weighted by atomic mass is 10.2. The quantitative estimate of drug-likeness (QED) is 0.814. The summed E-state index contributed by atoms with van der Waals surface area (Å²) in [5, 5.41) is 11.8. The molecule has 0 spiro atoms. The van der Waals surface area contributed by atoms with Crippen molar-refractivity contribution >= 4 is 11.7 Å². The van der Waals surface area contributed by atoms with Gasteiger partial charge in [0.2, 0.25) is 0 Å². The molecular formula is C15H24N4O2. The van der Waals surface area contributed by atoms with Crippen molar-refractivity contribution in [2.45, 2.75) is 13.8 Å². The van der Waals surface area contributed by atoms with Crippen LogP contribution >= 0.6 is 0 Å². The largest absolute Gasteiger partial charge is 0.395 e. The minimum Gasteiger partial charge on any atom is -0.395 e. The minimum absolute atomic E-state index is 0.0715. The van der Waals surface area contributed by atoms with Gasteiger partial charge >= 0.3 is 0 Å². The molecule has 6 nitrogen and oxygen atoms in total. The van der Waals surface area contributed by atoms with E-state index in [9.17, 15) is 4.79 Å². The van der Waals surface area contributed by atoms with Gasteiger partial charge in [-0.3, -0.25) is 9.69 Å². The fraction of sp³-hybridized carbons (Fsp3) is 0.600. The molecule has 0 bridgehead atoms. The molecule has 0 atom stereocenters. The van der Waals surface area contributed by atoms with E-state index in [1.54, 1.807) is 0 Å². The Morgan fingerprint density at radius 3 is 2.67 bits per heavy atom. The van der Waals surface area contributed by atoms with Crippen LogP contribution in [-0.2, 0) is 0 Å². The third-order valence-corrected chi connectivity index (χ3v) is 3.68. The number of anilines is 1. The predicted octanol–water partition coefficient (Wildman–Crippen LogP) is 0.254. The van der Waals surface area contributed by atoms with Crippen LogP contribution in [0, 0.1) is 6.92 Å². The molecule has 2 N–H and O–H groups in total. The van der Waals surface area contributed by atoms with Gasteiger partial charge in [0.25, 0.3) is 5.91 Å². The molecule has 0 aromatic carbocycles. The molecule has 2 heterocycles. The molecule has 1 amide bonds. The second-order valence-corrected chi connectivity index (χ2v) is 5.24. The third-order valence-electron chi connectivity index (χ3n) is 3.68. The van der Waals surface area contributed by atoms with Crippen molar-refractivity contribution in [1.82, 2.24) is 15.2 Å². The number of aliphatic hydroxyl groups is 1. The summed E-state index contributed by atoms with van der Waals surface area (Å²) in [5.41, 5.74) is 1.55. The monoisotopic (exact) mass is 292 g/mol. The van der Waals surface area contributed by atoms with Crippen LogP contribution in [0.25, 0.3) is 0 Å². The van der Waals surface area contributed by atoms with Gasteiger partial charge in [-0.1, -0.05) is 0 Å². The Labute approximate surface area is 125 Å². The summed E-state index contributed by atoms with van der Waals surface area (Å²) in [5.74, 6) is 0.697. The van der Waals surface area contributed by atoms with Crippen LogP contribution < -0.4 is 10.2 Å². The van der Waals surface area contributed by atoms with E-state index in [0.29, 0.717) is 18.7 Å². The van der Waals surface area contributed by atoms with Crippen LogP contribution in [0.1, 0.15) is 23.0 Å². The van der Waals surface area contributed by atoms with Gasteiger partial charge in [0.15, 0.2) is 0 Å². The van der Waals surface area contributed by atoms with E-state index in [4.69, 9.17) is 5.11 Å². The van der Waals surface area contributed by atoms with Crippen LogP contribution in [0.2, 0.25) is 0 Å². The minimum atomic E-state index is -0.0715. The standard InChI is InChI=1S/C15H24N4O2/c1-3-16-15(21)13-5-4-12(2)17-14(13)19-8-6-18(7-9-19)10-11-20/h4-5,20H,3,6-11H2,1-2H3,(H,16,21). The number of carbonyl (C=O) groups excluding carboxylic acids is 1. The number of aromatic nitrogens is 1. The molecule has 1 aliphatic rings. The maximum Gasteiger partial charge on any atom is 0.255 e. The van der Waals surface area contributed by atoms with Crippen LogP contribution in [-0.4, -0.2) is 66.8 Å². The first-order valence-corrected chi connectivity index (χ1v) is 7.49. The smallest absolute Gasteiger partial charge is 0.255 e. The van der Waals surface area contributed by atoms with Crippen molar-refractivity contribution < 1.29 is 9.90 Å². The Bertz CT molecular complexity index is 485. The number of nitrogens with zero attached hydrogens (tertiary/aromatic N) is 3. The Morgan fingerprint density at radius 1 is 1.33 bits per heavy atom. The number of pyridine rings is 1. The third kappa shape index (κ3) is 3.92. The molecule has 0 unspecified atom stereocenters. The summed E-state index contributed by atoms with van der Waals surface area (Å²) in [7, 11) is 0. The summed E-state index contributed by atoms with van der Waals surface area (Å²) in [4.78, 5) is 21.1. The Balaban J connectivity index is 2.15. The van der Waals surface area contributed by atoms with E-state index in [-0.39, 0.29) is 12.5 Å². The second-order valence-electron chi connectivity index (χ2n) is 5.24. The molecule has 2 rings (SSSR count). The highest BCUT2D eigenvalue weighted by Crippen LogP contribution is 2.20. The number of hydrogen-bond donors (Lipinski definition) is 2. The maximum absolute atomic E-state index is 12.2. The molecule has 0 radical (unpaired) electrons. The zero-order valence-electron chi connectivity index (χ0n) is 12.8. The first kappa shape index (κ1) is 15.7. The zero-order chi connectivity index (χ0) is 15.2. The highest BCUT2D eigenvalue weighted by molar-refractivity contribution is 5.98. The molecule has 21 heavy (non-hydrogen) atoms. The van der Waals surface area contributed by atoms with Crippen molar-refractivity contribution in [2.24, 2.45) is 0 Å². The van der Waals surface area contributed by atoms with Crippen LogP contribution in [0.4, 0.5) is 5.82 Å². The van der Waals surface area contributed by atoms with E-state index in [1.807, 2.05) is 26.0 Å². The molecule has 1 aliphatic heterocycles. The van der Waals surface area contributed by atoms with Gasteiger partial charge in [0, 0.05) is 45.0 Å². The number of nitrogens with one attached hydrogen (secondary N) is 1. The van der Waals surface area contributed by atoms with Gasteiger partial charge in [-0.25, -0.2) is 4.98 Å². The van der Waals surface area contributed by atoms with Crippen LogP contribution in [0.5, 0.6) is 0 Å². The summed E-state index contributed by atoms with van der Waals surface area (Å²) in [6.45, 7) is 8.75. The van der Waals surface area contributed by atoms with E-state index in [1.165, 1.54) is 0 Å². The van der Waals surface area contributed by atoms with E-state index in [0.717, 1.165) is 37.7 Å². The topological polar surface area (TPSA) is 68.7 Å². The number of β-amino-alcohol motifs (C(OH)–C–C–N with tert-alkyl or cyclic N) is 1. The van der Waals surface area contributed by atoms with Gasteiger partial charge in [-0.05, 0) is 26.0 Å². The maximum atomic E-state index is 12.2. The average molecular weight is 292 g/mol. The SMILES string of the molecule is CCNC(=O)c1ccc(C)nc1N1CCN(CCO)CC1. The number of piperazine rings is 1. The summed E-state index contributed by atoms with van der Waals surface area (Å²) in [6, 6.07) is 3.72. The van der Waals surface area contributed by atoms with Crippen LogP contribution in [0.15, 0.2) is 12.1 Å². The Kier molecular flexibility index (Phi) is 5.52. The molecule has 0 saturated carbocycles. The Morgan fingerprint density at radius 2 is 2.05 bits per heavy atom. The molecule has 1 aromatic rings. The van der Waals surface area contributed by atoms with Crippen molar-refractivity contribution in [3.8, 4) is 0 Å². The van der Waals surface area contributed by atoms with Gasteiger partial charge in [0.1, 0.15) is 5.82 Å². The van der Waals surface area contributed by atoms with E-state index in [2.05, 4.69) is 20.1 Å². The van der Waals surface area contributed by atoms with Gasteiger partial charge < -0.3 is 15.3 Å².